The molecule has 2 aromatic carbocycles. The van der Waals surface area contributed by atoms with Crippen LogP contribution in [0.5, 0.6) is 5.75 Å². The predicted octanol–water partition coefficient (Wildman–Crippen LogP) is 3.96. The Morgan fingerprint density at radius 1 is 1.35 bits per heavy atom. The summed E-state index contributed by atoms with van der Waals surface area (Å²) in [4.78, 5) is 0. The highest BCUT2D eigenvalue weighted by Gasteiger charge is 2.22. The van der Waals surface area contributed by atoms with E-state index in [1.807, 2.05) is 25.1 Å². The van der Waals surface area contributed by atoms with Gasteiger partial charge in [-0.15, -0.1) is 0 Å². The quantitative estimate of drug-likeness (QED) is 0.901. The van der Waals surface area contributed by atoms with E-state index in [0.717, 1.165) is 23.3 Å². The van der Waals surface area contributed by atoms with E-state index in [-0.39, 0.29) is 11.9 Å². The van der Waals surface area contributed by atoms with Gasteiger partial charge in [0.15, 0.2) is 0 Å². The van der Waals surface area contributed by atoms with E-state index in [1.54, 1.807) is 18.2 Å². The number of halogens is 2. The van der Waals surface area contributed by atoms with Gasteiger partial charge >= 0.3 is 0 Å². The fraction of sp³-hybridized carbons (Fsp3) is 0.250. The predicted molar refractivity (Wildman–Crippen MR) is 80.4 cm³/mol. The van der Waals surface area contributed by atoms with Crippen molar-refractivity contribution in [3.8, 4) is 5.75 Å². The Morgan fingerprint density at radius 3 is 2.95 bits per heavy atom. The molecule has 0 bridgehead atoms. The summed E-state index contributed by atoms with van der Waals surface area (Å²) in [5.74, 6) is 0.605. The number of rotatable bonds is 2. The number of hydrogen-bond acceptors (Lipinski definition) is 2. The molecule has 1 aliphatic heterocycles. The van der Waals surface area contributed by atoms with Gasteiger partial charge in [0.05, 0.1) is 10.5 Å². The summed E-state index contributed by atoms with van der Waals surface area (Å²) in [6.07, 6.45) is 1.07. The average molecular weight is 336 g/mol. The zero-order chi connectivity index (χ0) is 14.3. The van der Waals surface area contributed by atoms with Gasteiger partial charge in [-0.05, 0) is 46.1 Å². The summed E-state index contributed by atoms with van der Waals surface area (Å²) >= 11 is 3.19. The fourth-order valence-electron chi connectivity index (χ4n) is 2.58. The number of nitrogens with two attached hydrogens (primary N) is 1. The molecular weight excluding hydrogens is 321 g/mol. The third-order valence-corrected chi connectivity index (χ3v) is 4.21. The second-order valence-corrected chi connectivity index (χ2v) is 5.97. The van der Waals surface area contributed by atoms with Crippen molar-refractivity contribution >= 4 is 15.9 Å². The molecule has 20 heavy (non-hydrogen) atoms. The fourth-order valence-corrected chi connectivity index (χ4v) is 2.96. The molecule has 2 unspecified atom stereocenters. The Morgan fingerprint density at radius 2 is 2.15 bits per heavy atom. The van der Waals surface area contributed by atoms with Crippen LogP contribution in [0.25, 0.3) is 0 Å². The van der Waals surface area contributed by atoms with Gasteiger partial charge in [-0.1, -0.05) is 24.3 Å². The van der Waals surface area contributed by atoms with Gasteiger partial charge in [-0.2, -0.15) is 0 Å². The maximum Gasteiger partial charge on any atom is 0.142 e. The molecule has 2 nitrogen and oxygen atoms in total. The molecule has 0 radical (unpaired) electrons. The van der Waals surface area contributed by atoms with Crippen LogP contribution in [0.15, 0.2) is 40.9 Å². The molecule has 0 aromatic heterocycles. The van der Waals surface area contributed by atoms with Crippen molar-refractivity contribution in [1.29, 1.82) is 0 Å². The summed E-state index contributed by atoms with van der Waals surface area (Å²) in [5.41, 5.74) is 8.75. The normalized spacial score (nSPS) is 18.5. The van der Waals surface area contributed by atoms with Crippen LogP contribution >= 0.6 is 15.9 Å². The molecule has 2 N–H and O–H groups in total. The summed E-state index contributed by atoms with van der Waals surface area (Å²) in [7, 11) is 0. The van der Waals surface area contributed by atoms with Crippen LogP contribution in [0, 0.1) is 5.82 Å². The number of benzene rings is 2. The molecule has 1 heterocycles. The van der Waals surface area contributed by atoms with Crippen molar-refractivity contribution in [2.24, 2.45) is 5.73 Å². The lowest BCUT2D eigenvalue weighted by molar-refractivity contribution is 0.254. The first-order chi connectivity index (χ1) is 9.56. The molecule has 2 atom stereocenters. The molecule has 4 heteroatoms. The lowest BCUT2D eigenvalue weighted by Gasteiger charge is -2.15. The molecule has 2 aromatic rings. The molecular formula is C16H15BrFNO. The minimum atomic E-state index is -0.478. The van der Waals surface area contributed by atoms with Crippen LogP contribution in [0.4, 0.5) is 4.39 Å². The number of fused-ring (bicyclic) bond motifs is 1. The molecule has 104 valence electrons. The summed E-state index contributed by atoms with van der Waals surface area (Å²) in [6.45, 7) is 2.04. The lowest BCUT2D eigenvalue weighted by atomic mass is 9.96. The Kier molecular flexibility index (Phi) is 3.52. The van der Waals surface area contributed by atoms with Gasteiger partial charge in [0, 0.05) is 12.0 Å². The van der Waals surface area contributed by atoms with Crippen LogP contribution < -0.4 is 10.5 Å². The van der Waals surface area contributed by atoms with Gasteiger partial charge in [0.25, 0.3) is 0 Å². The monoisotopic (exact) mass is 335 g/mol. The van der Waals surface area contributed by atoms with E-state index in [4.69, 9.17) is 10.5 Å². The summed E-state index contributed by atoms with van der Waals surface area (Å²) in [6, 6.07) is 10.5. The minimum absolute atomic E-state index is 0.194. The molecule has 0 aliphatic carbocycles. The summed E-state index contributed by atoms with van der Waals surface area (Å²) in [5, 5.41) is 0. The topological polar surface area (TPSA) is 35.2 Å². The van der Waals surface area contributed by atoms with Gasteiger partial charge < -0.3 is 10.5 Å². The van der Waals surface area contributed by atoms with Crippen molar-refractivity contribution in [3.63, 3.8) is 0 Å². The molecule has 0 amide bonds. The second-order valence-electron chi connectivity index (χ2n) is 5.12. The van der Waals surface area contributed by atoms with E-state index in [2.05, 4.69) is 15.9 Å². The van der Waals surface area contributed by atoms with Gasteiger partial charge in [0.2, 0.25) is 0 Å². The SMILES string of the molecule is CC1Cc2cc(C(N)c3cccc(Br)c3F)ccc2O1. The lowest BCUT2D eigenvalue weighted by Crippen LogP contribution is -2.14. The highest BCUT2D eigenvalue weighted by molar-refractivity contribution is 9.10. The summed E-state index contributed by atoms with van der Waals surface area (Å²) < 4.78 is 20.2. The van der Waals surface area contributed by atoms with Crippen LogP contribution in [0.3, 0.4) is 0 Å². The maximum atomic E-state index is 14.1. The van der Waals surface area contributed by atoms with Crippen molar-refractivity contribution in [1.82, 2.24) is 0 Å². The average Bonchev–Trinajstić information content (AvgIpc) is 2.80. The van der Waals surface area contributed by atoms with E-state index < -0.39 is 6.04 Å². The third-order valence-electron chi connectivity index (χ3n) is 3.60. The van der Waals surface area contributed by atoms with E-state index in [0.29, 0.717) is 10.0 Å². The molecule has 1 aliphatic rings. The van der Waals surface area contributed by atoms with Crippen molar-refractivity contribution < 1.29 is 9.13 Å². The Balaban J connectivity index is 1.97. The van der Waals surface area contributed by atoms with E-state index in [9.17, 15) is 4.39 Å². The molecule has 0 spiro atoms. The van der Waals surface area contributed by atoms with Gasteiger partial charge in [0.1, 0.15) is 17.7 Å². The third kappa shape index (κ3) is 2.34. The van der Waals surface area contributed by atoms with Crippen LogP contribution in [0.2, 0.25) is 0 Å². The van der Waals surface area contributed by atoms with Crippen molar-refractivity contribution in [2.45, 2.75) is 25.5 Å². The molecule has 0 saturated heterocycles. The Labute approximate surface area is 125 Å². The van der Waals surface area contributed by atoms with Gasteiger partial charge in [-0.25, -0.2) is 4.39 Å². The maximum absolute atomic E-state index is 14.1. The second kappa shape index (κ2) is 5.19. The zero-order valence-electron chi connectivity index (χ0n) is 11.1. The first-order valence-electron chi connectivity index (χ1n) is 6.55. The zero-order valence-corrected chi connectivity index (χ0v) is 12.7. The minimum Gasteiger partial charge on any atom is -0.490 e. The van der Waals surface area contributed by atoms with Crippen LogP contribution in [-0.4, -0.2) is 6.10 Å². The highest BCUT2D eigenvalue weighted by atomic mass is 79.9. The van der Waals surface area contributed by atoms with Crippen LogP contribution in [-0.2, 0) is 6.42 Å². The molecule has 3 rings (SSSR count). The Bertz CT molecular complexity index is 659. The number of ether oxygens (including phenoxy) is 1. The van der Waals surface area contributed by atoms with Crippen LogP contribution in [0.1, 0.15) is 29.7 Å². The van der Waals surface area contributed by atoms with Crippen molar-refractivity contribution in [3.05, 3.63) is 63.4 Å². The van der Waals surface area contributed by atoms with Gasteiger partial charge in [-0.3, -0.25) is 0 Å². The first-order valence-corrected chi connectivity index (χ1v) is 7.34. The molecule has 0 saturated carbocycles. The smallest absolute Gasteiger partial charge is 0.142 e. The van der Waals surface area contributed by atoms with E-state index in [1.165, 1.54) is 0 Å². The van der Waals surface area contributed by atoms with Crippen molar-refractivity contribution in [2.75, 3.05) is 0 Å². The highest BCUT2D eigenvalue weighted by Crippen LogP contribution is 2.33. The molecule has 0 fully saturated rings. The Hall–Kier alpha value is -1.39. The standard InChI is InChI=1S/C16H15BrFNO/c1-9-7-11-8-10(5-6-14(11)20-9)16(19)12-3-2-4-13(17)15(12)18/h2-6,8-9,16H,7,19H2,1H3. The number of hydrogen-bond donors (Lipinski definition) is 1. The largest absolute Gasteiger partial charge is 0.490 e. The van der Waals surface area contributed by atoms with E-state index >= 15 is 0 Å². The first kappa shape index (κ1) is 13.6.